The second kappa shape index (κ2) is 10.4. The number of halogens is 2. The SMILES string of the molecule is CC(NC(=O)CN(c1cc(Cl)ccc1Cl)S(=O)(=O)c1ccccc1)c1ccc2c(c1)CCCC2. The number of hydrogen-bond acceptors (Lipinski definition) is 3. The Morgan fingerprint density at radius 2 is 1.68 bits per heavy atom. The van der Waals surface area contributed by atoms with Crippen LogP contribution in [0.25, 0.3) is 0 Å². The fourth-order valence-electron chi connectivity index (χ4n) is 4.22. The number of carbonyl (C=O) groups excluding carboxylic acids is 1. The highest BCUT2D eigenvalue weighted by molar-refractivity contribution is 7.92. The van der Waals surface area contributed by atoms with Gasteiger partial charge in [-0.2, -0.15) is 0 Å². The summed E-state index contributed by atoms with van der Waals surface area (Å²) in [5, 5.41) is 3.44. The summed E-state index contributed by atoms with van der Waals surface area (Å²) >= 11 is 12.5. The summed E-state index contributed by atoms with van der Waals surface area (Å²) in [4.78, 5) is 13.1. The lowest BCUT2D eigenvalue weighted by atomic mass is 9.89. The molecule has 3 aromatic carbocycles. The number of sulfonamides is 1. The Morgan fingerprint density at radius 3 is 2.41 bits per heavy atom. The summed E-state index contributed by atoms with van der Waals surface area (Å²) in [6.07, 6.45) is 4.50. The summed E-state index contributed by atoms with van der Waals surface area (Å²) in [6, 6.07) is 18.5. The lowest BCUT2D eigenvalue weighted by molar-refractivity contribution is -0.120. The number of amides is 1. The Hall–Kier alpha value is -2.54. The predicted molar refractivity (Wildman–Crippen MR) is 137 cm³/mol. The van der Waals surface area contributed by atoms with Crippen molar-refractivity contribution in [1.29, 1.82) is 0 Å². The third-order valence-electron chi connectivity index (χ3n) is 6.05. The molecular weight excluding hydrogens is 491 g/mol. The molecule has 0 spiro atoms. The van der Waals surface area contributed by atoms with Gasteiger partial charge in [0.2, 0.25) is 5.91 Å². The monoisotopic (exact) mass is 516 g/mol. The molecular formula is C26H26Cl2N2O3S. The van der Waals surface area contributed by atoms with Gasteiger partial charge in [0.25, 0.3) is 10.0 Å². The van der Waals surface area contributed by atoms with Crippen LogP contribution in [0.3, 0.4) is 0 Å². The van der Waals surface area contributed by atoms with Gasteiger partial charge >= 0.3 is 0 Å². The van der Waals surface area contributed by atoms with Crippen molar-refractivity contribution in [3.05, 3.63) is 93.5 Å². The summed E-state index contributed by atoms with van der Waals surface area (Å²) in [6.45, 7) is 1.46. The fourth-order valence-corrected chi connectivity index (χ4v) is 6.11. The van der Waals surface area contributed by atoms with Gasteiger partial charge in [0, 0.05) is 5.02 Å². The number of aryl methyl sites for hydroxylation is 2. The Balaban J connectivity index is 1.60. The van der Waals surface area contributed by atoms with Crippen molar-refractivity contribution in [2.45, 2.75) is 43.5 Å². The van der Waals surface area contributed by atoms with Crippen LogP contribution in [0, 0.1) is 0 Å². The molecule has 8 heteroatoms. The van der Waals surface area contributed by atoms with Crippen LogP contribution in [0.2, 0.25) is 10.0 Å². The zero-order valence-electron chi connectivity index (χ0n) is 18.8. The van der Waals surface area contributed by atoms with E-state index in [0.29, 0.717) is 5.02 Å². The zero-order chi connectivity index (χ0) is 24.3. The molecule has 0 aromatic heterocycles. The van der Waals surface area contributed by atoms with Gasteiger partial charge in [-0.3, -0.25) is 9.10 Å². The van der Waals surface area contributed by atoms with Gasteiger partial charge in [-0.15, -0.1) is 0 Å². The Morgan fingerprint density at radius 1 is 0.971 bits per heavy atom. The molecule has 1 atom stereocenters. The minimum absolute atomic E-state index is 0.0570. The normalized spacial score (nSPS) is 14.2. The lowest BCUT2D eigenvalue weighted by Crippen LogP contribution is -2.41. The quantitative estimate of drug-likeness (QED) is 0.422. The van der Waals surface area contributed by atoms with Crippen LogP contribution < -0.4 is 9.62 Å². The average Bonchev–Trinajstić information content (AvgIpc) is 2.84. The van der Waals surface area contributed by atoms with E-state index in [0.717, 1.165) is 22.7 Å². The van der Waals surface area contributed by atoms with Crippen molar-refractivity contribution >= 4 is 44.8 Å². The summed E-state index contributed by atoms with van der Waals surface area (Å²) < 4.78 is 28.0. The Kier molecular flexibility index (Phi) is 7.51. The van der Waals surface area contributed by atoms with Gasteiger partial charge in [0.05, 0.1) is 21.6 Å². The van der Waals surface area contributed by atoms with Crippen LogP contribution in [0.1, 0.15) is 42.5 Å². The molecule has 34 heavy (non-hydrogen) atoms. The number of rotatable bonds is 7. The molecule has 3 aromatic rings. The van der Waals surface area contributed by atoms with Crippen molar-refractivity contribution in [2.24, 2.45) is 0 Å². The molecule has 1 N–H and O–H groups in total. The van der Waals surface area contributed by atoms with E-state index in [1.807, 2.05) is 13.0 Å². The molecule has 1 unspecified atom stereocenters. The van der Waals surface area contributed by atoms with Crippen molar-refractivity contribution in [2.75, 3.05) is 10.8 Å². The van der Waals surface area contributed by atoms with Crippen LogP contribution in [-0.4, -0.2) is 20.9 Å². The Labute approximate surface area is 210 Å². The summed E-state index contributed by atoms with van der Waals surface area (Å²) in [5.41, 5.74) is 3.83. The minimum Gasteiger partial charge on any atom is -0.348 e. The molecule has 0 saturated carbocycles. The first kappa shape index (κ1) is 24.6. The number of nitrogens with zero attached hydrogens (tertiary/aromatic N) is 1. The molecule has 1 aliphatic rings. The maximum absolute atomic E-state index is 13.5. The first-order valence-electron chi connectivity index (χ1n) is 11.2. The molecule has 1 aliphatic carbocycles. The molecule has 0 fully saturated rings. The molecule has 0 radical (unpaired) electrons. The number of nitrogens with one attached hydrogen (secondary N) is 1. The van der Waals surface area contributed by atoms with E-state index in [-0.39, 0.29) is 21.6 Å². The van der Waals surface area contributed by atoms with E-state index in [1.54, 1.807) is 24.3 Å². The van der Waals surface area contributed by atoms with E-state index in [2.05, 4.69) is 17.4 Å². The maximum Gasteiger partial charge on any atom is 0.264 e. The van der Waals surface area contributed by atoms with E-state index in [9.17, 15) is 13.2 Å². The molecule has 1 amide bonds. The number of hydrogen-bond donors (Lipinski definition) is 1. The van der Waals surface area contributed by atoms with E-state index >= 15 is 0 Å². The fraction of sp³-hybridized carbons (Fsp3) is 0.269. The molecule has 0 aliphatic heterocycles. The first-order valence-corrected chi connectivity index (χ1v) is 13.4. The maximum atomic E-state index is 13.5. The molecule has 0 saturated heterocycles. The second-order valence-corrected chi connectivity index (χ2v) is 11.2. The molecule has 0 bridgehead atoms. The third kappa shape index (κ3) is 5.40. The lowest BCUT2D eigenvalue weighted by Gasteiger charge is -2.26. The molecule has 4 rings (SSSR count). The molecule has 5 nitrogen and oxygen atoms in total. The van der Waals surface area contributed by atoms with Gasteiger partial charge < -0.3 is 5.32 Å². The Bertz CT molecular complexity index is 1300. The number of carbonyl (C=O) groups is 1. The van der Waals surface area contributed by atoms with Crippen molar-refractivity contribution < 1.29 is 13.2 Å². The summed E-state index contributed by atoms with van der Waals surface area (Å²) in [7, 11) is -4.07. The van der Waals surface area contributed by atoms with Crippen molar-refractivity contribution in [3.8, 4) is 0 Å². The third-order valence-corrected chi connectivity index (χ3v) is 8.37. The van der Waals surface area contributed by atoms with Crippen LogP contribution in [0.5, 0.6) is 0 Å². The van der Waals surface area contributed by atoms with Gasteiger partial charge in [-0.1, -0.05) is 59.6 Å². The second-order valence-electron chi connectivity index (χ2n) is 8.44. The van der Waals surface area contributed by atoms with E-state index < -0.39 is 22.5 Å². The van der Waals surface area contributed by atoms with Crippen LogP contribution in [-0.2, 0) is 27.7 Å². The molecule has 178 valence electrons. The smallest absolute Gasteiger partial charge is 0.264 e. The highest BCUT2D eigenvalue weighted by Gasteiger charge is 2.29. The topological polar surface area (TPSA) is 66.5 Å². The largest absolute Gasteiger partial charge is 0.348 e. The van der Waals surface area contributed by atoms with Gasteiger partial charge in [0.1, 0.15) is 6.54 Å². The number of benzene rings is 3. The van der Waals surface area contributed by atoms with Crippen LogP contribution in [0.4, 0.5) is 5.69 Å². The highest BCUT2D eigenvalue weighted by Crippen LogP contribution is 2.33. The standard InChI is InChI=1S/C26H26Cl2N2O3S/c1-18(20-12-11-19-7-5-6-8-21(19)15-20)29-26(31)17-30(25-16-22(27)13-14-24(25)28)34(32,33)23-9-3-2-4-10-23/h2-4,9-16,18H,5-8,17H2,1H3,(H,29,31). The van der Waals surface area contributed by atoms with Crippen molar-refractivity contribution in [1.82, 2.24) is 5.32 Å². The number of fused-ring (bicyclic) bond motifs is 1. The predicted octanol–water partition coefficient (Wildman–Crippen LogP) is 5.94. The van der Waals surface area contributed by atoms with Crippen molar-refractivity contribution in [3.63, 3.8) is 0 Å². The minimum atomic E-state index is -4.07. The average molecular weight is 517 g/mol. The van der Waals surface area contributed by atoms with Crippen LogP contribution in [0.15, 0.2) is 71.6 Å². The van der Waals surface area contributed by atoms with Crippen LogP contribution >= 0.6 is 23.2 Å². The van der Waals surface area contributed by atoms with E-state index in [4.69, 9.17) is 23.2 Å². The zero-order valence-corrected chi connectivity index (χ0v) is 21.1. The highest BCUT2D eigenvalue weighted by atomic mass is 35.5. The number of anilines is 1. The van der Waals surface area contributed by atoms with Gasteiger partial charge in [-0.05, 0) is 79.6 Å². The summed E-state index contributed by atoms with van der Waals surface area (Å²) in [5.74, 6) is -0.444. The van der Waals surface area contributed by atoms with Gasteiger partial charge in [0.15, 0.2) is 0 Å². The van der Waals surface area contributed by atoms with Gasteiger partial charge in [-0.25, -0.2) is 8.42 Å². The molecule has 0 heterocycles. The first-order chi connectivity index (χ1) is 16.3. The van der Waals surface area contributed by atoms with E-state index in [1.165, 1.54) is 48.2 Å².